The lowest BCUT2D eigenvalue weighted by Crippen LogP contribution is -2.43. The van der Waals surface area contributed by atoms with Crippen LogP contribution in [0.2, 0.25) is 0 Å². The van der Waals surface area contributed by atoms with E-state index in [-0.39, 0.29) is 22.4 Å². The molecule has 2 aliphatic rings. The first kappa shape index (κ1) is 23.2. The summed E-state index contributed by atoms with van der Waals surface area (Å²) >= 11 is 5.55. The SMILES string of the molecule is CCOC(=O)C1=C(NC(=S)NC(=O)c2ccccc2)c2c(C)ccc(C)c2CC12CCCC2. The Morgan fingerprint density at radius 2 is 1.70 bits per heavy atom. The van der Waals surface area contributed by atoms with Crippen LogP contribution in [-0.2, 0) is 16.0 Å². The molecule has 1 spiro atoms. The van der Waals surface area contributed by atoms with E-state index >= 15 is 0 Å². The fraction of sp³-hybridized carbons (Fsp3) is 0.370. The van der Waals surface area contributed by atoms with Gasteiger partial charge >= 0.3 is 5.97 Å². The highest BCUT2D eigenvalue weighted by Crippen LogP contribution is 2.53. The fourth-order valence-electron chi connectivity index (χ4n) is 5.30. The maximum atomic E-state index is 13.4. The van der Waals surface area contributed by atoms with Gasteiger partial charge in [-0.1, -0.05) is 43.2 Å². The number of fused-ring (bicyclic) bond motifs is 1. The van der Waals surface area contributed by atoms with E-state index in [2.05, 4.69) is 29.7 Å². The van der Waals surface area contributed by atoms with Crippen LogP contribution < -0.4 is 10.6 Å². The van der Waals surface area contributed by atoms with Crippen LogP contribution in [0.1, 0.15) is 65.2 Å². The maximum Gasteiger partial charge on any atom is 0.336 e. The molecule has 172 valence electrons. The van der Waals surface area contributed by atoms with Gasteiger partial charge in [-0.2, -0.15) is 0 Å². The summed E-state index contributed by atoms with van der Waals surface area (Å²) in [7, 11) is 0. The minimum atomic E-state index is -0.300. The molecule has 5 nitrogen and oxygen atoms in total. The van der Waals surface area contributed by atoms with Crippen LogP contribution in [0.25, 0.3) is 5.70 Å². The van der Waals surface area contributed by atoms with Crippen LogP contribution in [-0.4, -0.2) is 23.6 Å². The number of esters is 1. The average molecular weight is 463 g/mol. The maximum absolute atomic E-state index is 13.4. The molecule has 33 heavy (non-hydrogen) atoms. The summed E-state index contributed by atoms with van der Waals surface area (Å²) in [6.07, 6.45) is 4.83. The monoisotopic (exact) mass is 462 g/mol. The number of carbonyl (C=O) groups excluding carboxylic acids is 2. The van der Waals surface area contributed by atoms with Gasteiger partial charge in [0.25, 0.3) is 5.91 Å². The van der Waals surface area contributed by atoms with E-state index in [9.17, 15) is 9.59 Å². The number of thiocarbonyl (C=S) groups is 1. The Morgan fingerprint density at radius 1 is 1.03 bits per heavy atom. The van der Waals surface area contributed by atoms with Crippen molar-refractivity contribution in [2.24, 2.45) is 5.41 Å². The summed E-state index contributed by atoms with van der Waals surface area (Å²) in [4.78, 5) is 26.0. The minimum absolute atomic E-state index is 0.169. The standard InChI is InChI=1S/C27H30N2O3S/c1-4-32-25(31)22-23(28-26(33)29-24(30)19-10-6-5-7-11-19)21-18(3)13-12-17(2)20(21)16-27(22)14-8-9-15-27/h5-7,10-13H,4,8-9,14-16H2,1-3H3,(H2,28,29,30,33). The third-order valence-electron chi connectivity index (χ3n) is 6.84. The molecule has 2 aromatic rings. The fourth-order valence-corrected chi connectivity index (χ4v) is 5.49. The molecule has 0 atom stereocenters. The van der Waals surface area contributed by atoms with E-state index < -0.39 is 0 Å². The Hall–Kier alpha value is -2.99. The molecular weight excluding hydrogens is 432 g/mol. The number of aryl methyl sites for hydroxylation is 2. The van der Waals surface area contributed by atoms with Gasteiger partial charge in [-0.3, -0.25) is 10.1 Å². The lowest BCUT2D eigenvalue weighted by Gasteiger charge is -2.39. The molecule has 2 aromatic carbocycles. The topological polar surface area (TPSA) is 67.4 Å². The van der Waals surface area contributed by atoms with Crippen molar-refractivity contribution in [1.82, 2.24) is 10.6 Å². The molecule has 1 saturated carbocycles. The smallest absolute Gasteiger partial charge is 0.336 e. The van der Waals surface area contributed by atoms with Gasteiger partial charge in [0.1, 0.15) is 0 Å². The van der Waals surface area contributed by atoms with Crippen LogP contribution in [0.3, 0.4) is 0 Å². The Balaban J connectivity index is 1.79. The van der Waals surface area contributed by atoms with Crippen molar-refractivity contribution < 1.29 is 14.3 Å². The second-order valence-electron chi connectivity index (χ2n) is 8.96. The summed E-state index contributed by atoms with van der Waals surface area (Å²) in [5, 5.41) is 6.21. The molecule has 0 saturated heterocycles. The summed E-state index contributed by atoms with van der Waals surface area (Å²) in [6.45, 7) is 6.29. The molecule has 0 bridgehead atoms. The predicted molar refractivity (Wildman–Crippen MR) is 134 cm³/mol. The van der Waals surface area contributed by atoms with Crippen LogP contribution >= 0.6 is 12.2 Å². The summed E-state index contributed by atoms with van der Waals surface area (Å²) < 4.78 is 5.55. The largest absolute Gasteiger partial charge is 0.463 e. The molecule has 0 aromatic heterocycles. The van der Waals surface area contributed by atoms with Gasteiger partial charge in [0.15, 0.2) is 5.11 Å². The van der Waals surface area contributed by atoms with E-state index in [1.807, 2.05) is 19.9 Å². The molecule has 2 aliphatic carbocycles. The number of nitrogens with one attached hydrogen (secondary N) is 2. The quantitative estimate of drug-likeness (QED) is 0.494. The number of hydrogen-bond acceptors (Lipinski definition) is 4. The molecule has 0 aliphatic heterocycles. The van der Waals surface area contributed by atoms with Gasteiger partial charge in [-0.05, 0) is 81.1 Å². The van der Waals surface area contributed by atoms with Crippen molar-refractivity contribution in [2.75, 3.05) is 6.61 Å². The van der Waals surface area contributed by atoms with Gasteiger partial charge in [-0.15, -0.1) is 0 Å². The zero-order valence-corrected chi connectivity index (χ0v) is 20.2. The summed E-state index contributed by atoms with van der Waals surface area (Å²) in [5.41, 5.74) is 6.07. The summed E-state index contributed by atoms with van der Waals surface area (Å²) in [6, 6.07) is 13.1. The third-order valence-corrected chi connectivity index (χ3v) is 7.05. The number of ether oxygens (including phenoxy) is 1. The van der Waals surface area contributed by atoms with Gasteiger partial charge in [0.2, 0.25) is 0 Å². The van der Waals surface area contributed by atoms with Crippen molar-refractivity contribution in [3.63, 3.8) is 0 Å². The van der Waals surface area contributed by atoms with E-state index in [0.29, 0.717) is 23.4 Å². The Bertz CT molecular complexity index is 1130. The normalized spacial score (nSPS) is 16.3. The molecule has 1 amide bonds. The predicted octanol–water partition coefficient (Wildman–Crippen LogP) is 5.00. The number of hydrogen-bond donors (Lipinski definition) is 2. The van der Waals surface area contributed by atoms with E-state index in [1.165, 1.54) is 11.1 Å². The first-order valence-corrected chi connectivity index (χ1v) is 12.0. The van der Waals surface area contributed by atoms with Crippen LogP contribution in [0, 0.1) is 19.3 Å². The van der Waals surface area contributed by atoms with Crippen molar-refractivity contribution in [3.05, 3.63) is 75.9 Å². The number of benzene rings is 2. The van der Waals surface area contributed by atoms with Gasteiger partial charge in [0.05, 0.1) is 17.9 Å². The molecule has 0 heterocycles. The zero-order valence-electron chi connectivity index (χ0n) is 19.4. The summed E-state index contributed by atoms with van der Waals surface area (Å²) in [5.74, 6) is -0.593. The van der Waals surface area contributed by atoms with Gasteiger partial charge < -0.3 is 10.1 Å². The van der Waals surface area contributed by atoms with Crippen LogP contribution in [0.5, 0.6) is 0 Å². The molecule has 6 heteroatoms. The van der Waals surface area contributed by atoms with Crippen LogP contribution in [0.4, 0.5) is 0 Å². The Morgan fingerprint density at radius 3 is 2.36 bits per heavy atom. The average Bonchev–Trinajstić information content (AvgIpc) is 3.25. The molecule has 4 rings (SSSR count). The lowest BCUT2D eigenvalue weighted by atomic mass is 9.66. The minimum Gasteiger partial charge on any atom is -0.463 e. The van der Waals surface area contributed by atoms with Gasteiger partial charge in [0, 0.05) is 16.5 Å². The lowest BCUT2D eigenvalue weighted by molar-refractivity contribution is -0.139. The molecular formula is C27H30N2O3S. The Kier molecular flexibility index (Phi) is 6.66. The van der Waals surface area contributed by atoms with E-state index in [4.69, 9.17) is 17.0 Å². The van der Waals surface area contributed by atoms with Crippen molar-refractivity contribution in [2.45, 2.75) is 52.9 Å². The van der Waals surface area contributed by atoms with Crippen LogP contribution in [0.15, 0.2) is 48.0 Å². The van der Waals surface area contributed by atoms with Crippen molar-refractivity contribution >= 4 is 34.9 Å². The highest BCUT2D eigenvalue weighted by molar-refractivity contribution is 7.80. The number of rotatable bonds is 4. The number of carbonyl (C=O) groups is 2. The molecule has 1 fully saturated rings. The van der Waals surface area contributed by atoms with Gasteiger partial charge in [-0.25, -0.2) is 4.79 Å². The molecule has 0 unspecified atom stereocenters. The molecule has 2 N–H and O–H groups in total. The van der Waals surface area contributed by atoms with Crippen molar-refractivity contribution in [1.29, 1.82) is 0 Å². The van der Waals surface area contributed by atoms with E-state index in [1.54, 1.807) is 24.3 Å². The number of amides is 1. The Labute approximate surface area is 200 Å². The third kappa shape index (κ3) is 4.44. The highest BCUT2D eigenvalue weighted by Gasteiger charge is 2.47. The van der Waals surface area contributed by atoms with Crippen molar-refractivity contribution in [3.8, 4) is 0 Å². The highest BCUT2D eigenvalue weighted by atomic mass is 32.1. The first-order valence-electron chi connectivity index (χ1n) is 11.5. The second-order valence-corrected chi connectivity index (χ2v) is 9.37. The van der Waals surface area contributed by atoms with E-state index in [0.717, 1.165) is 43.2 Å². The zero-order chi connectivity index (χ0) is 23.6. The second kappa shape index (κ2) is 9.48. The molecule has 0 radical (unpaired) electrons. The first-order chi connectivity index (χ1) is 15.9.